The van der Waals surface area contributed by atoms with Crippen molar-refractivity contribution in [3.63, 3.8) is 0 Å². The Bertz CT molecular complexity index is 330. The largest absolute Gasteiger partial charge is 0.401 e. The maximum Gasteiger partial charge on any atom is 0.401 e. The maximum absolute atomic E-state index is 12.2. The molecule has 3 N–H and O–H groups in total. The zero-order chi connectivity index (χ0) is 13.8. The molecule has 1 saturated heterocycles. The summed E-state index contributed by atoms with van der Waals surface area (Å²) in [5, 5.41) is 2.93. The molecule has 8 heteroatoms. The van der Waals surface area contributed by atoms with Crippen LogP contribution in [0.15, 0.2) is 17.1 Å². The predicted octanol–water partition coefficient (Wildman–Crippen LogP) is 1.72. The van der Waals surface area contributed by atoms with Gasteiger partial charge in [-0.15, -0.1) is 24.0 Å². The van der Waals surface area contributed by atoms with Crippen molar-refractivity contribution in [2.45, 2.75) is 25.6 Å². The zero-order valence-corrected chi connectivity index (χ0v) is 13.2. The summed E-state index contributed by atoms with van der Waals surface area (Å²) in [7, 11) is 0. The fraction of sp³-hybridized carbons (Fsp3) is 0.727. The highest BCUT2D eigenvalue weighted by atomic mass is 127. The maximum atomic E-state index is 12.2. The van der Waals surface area contributed by atoms with Crippen molar-refractivity contribution in [3.05, 3.63) is 12.2 Å². The van der Waals surface area contributed by atoms with Crippen molar-refractivity contribution in [3.8, 4) is 0 Å². The Balaban J connectivity index is 0.00000324. The van der Waals surface area contributed by atoms with E-state index in [1.165, 1.54) is 4.90 Å². The molecule has 0 aromatic carbocycles. The van der Waals surface area contributed by atoms with E-state index in [1.54, 1.807) is 0 Å². The molecule has 1 aliphatic heterocycles. The molecule has 0 aromatic rings. The minimum atomic E-state index is -4.14. The Morgan fingerprint density at radius 2 is 2.16 bits per heavy atom. The van der Waals surface area contributed by atoms with Crippen LogP contribution in [0.25, 0.3) is 0 Å². The smallest absolute Gasteiger partial charge is 0.370 e. The van der Waals surface area contributed by atoms with Crippen molar-refractivity contribution in [1.82, 2.24) is 10.2 Å². The van der Waals surface area contributed by atoms with Crippen LogP contribution in [0.2, 0.25) is 0 Å². The van der Waals surface area contributed by atoms with E-state index in [2.05, 4.69) is 16.9 Å². The molecule has 0 bridgehead atoms. The number of nitrogens with one attached hydrogen (secondary N) is 1. The second-order valence-electron chi connectivity index (χ2n) is 4.64. The fourth-order valence-corrected chi connectivity index (χ4v) is 1.82. The number of guanidine groups is 1. The van der Waals surface area contributed by atoms with Crippen LogP contribution in [0.4, 0.5) is 13.2 Å². The number of nitrogens with two attached hydrogens (primary N) is 1. The van der Waals surface area contributed by atoms with E-state index in [1.807, 2.05) is 6.92 Å². The van der Waals surface area contributed by atoms with E-state index in [0.29, 0.717) is 26.1 Å². The normalized spacial score (nSPS) is 21.1. The molecular formula is C11H20F3IN4. The molecule has 1 rings (SSSR count). The lowest BCUT2D eigenvalue weighted by Crippen LogP contribution is -2.42. The van der Waals surface area contributed by atoms with Crippen LogP contribution in [-0.2, 0) is 0 Å². The summed E-state index contributed by atoms with van der Waals surface area (Å²) >= 11 is 0. The molecule has 0 radical (unpaired) electrons. The van der Waals surface area contributed by atoms with Gasteiger partial charge < -0.3 is 11.1 Å². The van der Waals surface area contributed by atoms with Gasteiger partial charge in [-0.3, -0.25) is 4.90 Å². The highest BCUT2D eigenvalue weighted by molar-refractivity contribution is 14.0. The minimum Gasteiger partial charge on any atom is -0.370 e. The summed E-state index contributed by atoms with van der Waals surface area (Å²) in [6.45, 7) is 5.84. The van der Waals surface area contributed by atoms with Gasteiger partial charge in [0.15, 0.2) is 5.96 Å². The van der Waals surface area contributed by atoms with Crippen LogP contribution in [0, 0.1) is 0 Å². The van der Waals surface area contributed by atoms with Crippen molar-refractivity contribution in [1.29, 1.82) is 0 Å². The molecule has 0 saturated carbocycles. The lowest BCUT2D eigenvalue weighted by atomic mass is 10.3. The second-order valence-corrected chi connectivity index (χ2v) is 4.64. The number of halogens is 4. The molecule has 19 heavy (non-hydrogen) atoms. The standard InChI is InChI=1S/C11H19F3N4.HI/c1-8(2)5-16-10(15)17-9-3-4-18(6-9)7-11(12,13)14;/h9H,1,3-7H2,2H3,(H3,15,16,17);1H. The monoisotopic (exact) mass is 392 g/mol. The summed E-state index contributed by atoms with van der Waals surface area (Å²) in [5.74, 6) is 0.261. The molecule has 1 aliphatic rings. The predicted molar refractivity (Wildman–Crippen MR) is 80.8 cm³/mol. The van der Waals surface area contributed by atoms with Crippen LogP contribution >= 0.6 is 24.0 Å². The Morgan fingerprint density at radius 1 is 1.53 bits per heavy atom. The van der Waals surface area contributed by atoms with E-state index < -0.39 is 12.7 Å². The summed E-state index contributed by atoms with van der Waals surface area (Å²) in [5.41, 5.74) is 6.51. The van der Waals surface area contributed by atoms with E-state index in [4.69, 9.17) is 5.73 Å². The third kappa shape index (κ3) is 8.30. The van der Waals surface area contributed by atoms with Gasteiger partial charge in [0.1, 0.15) is 0 Å². The first-order chi connectivity index (χ1) is 8.26. The summed E-state index contributed by atoms with van der Waals surface area (Å²) in [6, 6.07) is -0.0683. The van der Waals surface area contributed by atoms with E-state index in [9.17, 15) is 13.2 Å². The molecular weight excluding hydrogens is 372 g/mol. The molecule has 0 spiro atoms. The average molecular weight is 392 g/mol. The third-order valence-corrected chi connectivity index (χ3v) is 2.55. The first-order valence-electron chi connectivity index (χ1n) is 5.76. The number of hydrogen-bond donors (Lipinski definition) is 2. The van der Waals surface area contributed by atoms with Gasteiger partial charge in [-0.1, -0.05) is 12.2 Å². The van der Waals surface area contributed by atoms with Crippen molar-refractivity contribution >= 4 is 29.9 Å². The molecule has 112 valence electrons. The first kappa shape index (κ1) is 18.5. The molecule has 1 fully saturated rings. The van der Waals surface area contributed by atoms with Crippen molar-refractivity contribution < 1.29 is 13.2 Å². The van der Waals surface area contributed by atoms with Gasteiger partial charge in [0.2, 0.25) is 0 Å². The van der Waals surface area contributed by atoms with Crippen LogP contribution in [0.5, 0.6) is 0 Å². The van der Waals surface area contributed by atoms with Gasteiger partial charge in [-0.05, 0) is 13.3 Å². The molecule has 4 nitrogen and oxygen atoms in total. The van der Waals surface area contributed by atoms with Gasteiger partial charge in [-0.2, -0.15) is 13.2 Å². The van der Waals surface area contributed by atoms with Crippen LogP contribution in [-0.4, -0.2) is 49.3 Å². The van der Waals surface area contributed by atoms with Crippen LogP contribution in [0.1, 0.15) is 13.3 Å². The fourth-order valence-electron chi connectivity index (χ4n) is 1.82. The van der Waals surface area contributed by atoms with E-state index >= 15 is 0 Å². The molecule has 0 amide bonds. The third-order valence-electron chi connectivity index (χ3n) is 2.55. The molecule has 0 aromatic heterocycles. The Kier molecular flexibility index (Phi) is 7.72. The highest BCUT2D eigenvalue weighted by Crippen LogP contribution is 2.19. The average Bonchev–Trinajstić information content (AvgIpc) is 2.59. The van der Waals surface area contributed by atoms with Gasteiger partial charge in [0, 0.05) is 19.1 Å². The Hall–Kier alpha value is -0.510. The number of nitrogens with zero attached hydrogens (tertiary/aromatic N) is 2. The number of hydrogen-bond acceptors (Lipinski definition) is 2. The SMILES string of the molecule is C=C(C)CN=C(N)NC1CCN(CC(F)(F)F)C1.I. The van der Waals surface area contributed by atoms with Crippen molar-refractivity contribution in [2.75, 3.05) is 26.2 Å². The van der Waals surface area contributed by atoms with Crippen LogP contribution in [0.3, 0.4) is 0 Å². The minimum absolute atomic E-state index is 0. The number of aliphatic imine (C=N–C) groups is 1. The highest BCUT2D eigenvalue weighted by Gasteiger charge is 2.34. The Labute approximate surface area is 128 Å². The van der Waals surface area contributed by atoms with Crippen LogP contribution < -0.4 is 11.1 Å². The Morgan fingerprint density at radius 3 is 2.68 bits per heavy atom. The molecule has 1 atom stereocenters. The molecule has 1 heterocycles. The quantitative estimate of drug-likeness (QED) is 0.332. The summed E-state index contributed by atoms with van der Waals surface area (Å²) in [4.78, 5) is 5.39. The second kappa shape index (κ2) is 7.93. The van der Waals surface area contributed by atoms with E-state index in [-0.39, 0.29) is 36.0 Å². The first-order valence-corrected chi connectivity index (χ1v) is 5.76. The number of alkyl halides is 3. The lowest BCUT2D eigenvalue weighted by molar-refractivity contribution is -0.143. The molecule has 0 aliphatic carbocycles. The lowest BCUT2D eigenvalue weighted by Gasteiger charge is -2.18. The number of rotatable bonds is 4. The molecule has 1 unspecified atom stereocenters. The zero-order valence-electron chi connectivity index (χ0n) is 10.8. The topological polar surface area (TPSA) is 53.6 Å². The number of likely N-dealkylation sites (tertiary alicyclic amines) is 1. The van der Waals surface area contributed by atoms with Gasteiger partial charge in [0.05, 0.1) is 13.1 Å². The van der Waals surface area contributed by atoms with Gasteiger partial charge in [0.25, 0.3) is 0 Å². The van der Waals surface area contributed by atoms with E-state index in [0.717, 1.165) is 5.57 Å². The summed E-state index contributed by atoms with van der Waals surface area (Å²) in [6.07, 6.45) is -3.51. The van der Waals surface area contributed by atoms with Crippen molar-refractivity contribution in [2.24, 2.45) is 10.7 Å². The van der Waals surface area contributed by atoms with Gasteiger partial charge in [-0.25, -0.2) is 4.99 Å². The summed E-state index contributed by atoms with van der Waals surface area (Å²) < 4.78 is 36.6. The van der Waals surface area contributed by atoms with Gasteiger partial charge >= 0.3 is 6.18 Å².